The van der Waals surface area contributed by atoms with E-state index in [2.05, 4.69) is 152 Å². The van der Waals surface area contributed by atoms with Crippen molar-refractivity contribution in [2.24, 2.45) is 0 Å². The van der Waals surface area contributed by atoms with E-state index in [9.17, 15) is 0 Å². The Balaban J connectivity index is 1.13. The monoisotopic (exact) mass is 624 g/mol. The van der Waals surface area contributed by atoms with Crippen molar-refractivity contribution in [1.82, 2.24) is 9.97 Å². The number of aromatic nitrogens is 2. The Bertz CT molecular complexity index is 2740. The minimum absolute atomic E-state index is 0.705. The fourth-order valence-corrected chi connectivity index (χ4v) is 7.30. The van der Waals surface area contributed by atoms with Crippen LogP contribution in [0.25, 0.3) is 88.5 Å². The summed E-state index contributed by atoms with van der Waals surface area (Å²) < 4.78 is 6.54. The van der Waals surface area contributed by atoms with Gasteiger partial charge < -0.3 is 4.74 Å². The van der Waals surface area contributed by atoms with Crippen LogP contribution >= 0.6 is 0 Å². The largest absolute Gasteiger partial charge is 0.456 e. The van der Waals surface area contributed by atoms with Crippen molar-refractivity contribution >= 4 is 32.3 Å². The van der Waals surface area contributed by atoms with E-state index in [0.29, 0.717) is 5.82 Å². The lowest BCUT2D eigenvalue weighted by atomic mass is 9.90. The molecule has 1 aromatic heterocycles. The number of rotatable bonds is 4. The molecule has 2 heterocycles. The highest BCUT2D eigenvalue weighted by atomic mass is 16.5. The van der Waals surface area contributed by atoms with E-state index in [1.54, 1.807) is 0 Å². The minimum Gasteiger partial charge on any atom is -0.456 e. The molecule has 0 atom stereocenters. The molecule has 1 aliphatic heterocycles. The van der Waals surface area contributed by atoms with Crippen molar-refractivity contribution in [3.8, 4) is 67.7 Å². The molecule has 10 rings (SSSR count). The quantitative estimate of drug-likeness (QED) is 0.195. The van der Waals surface area contributed by atoms with E-state index in [1.165, 1.54) is 27.1 Å². The minimum atomic E-state index is 0.705. The number of nitrogens with zero attached hydrogens (tertiary/aromatic N) is 2. The average molecular weight is 625 g/mol. The smallest absolute Gasteiger partial charge is 0.160 e. The molecule has 0 amide bonds. The predicted molar refractivity (Wildman–Crippen MR) is 202 cm³/mol. The van der Waals surface area contributed by atoms with Crippen molar-refractivity contribution in [3.05, 3.63) is 170 Å². The topological polar surface area (TPSA) is 35.0 Å². The summed E-state index contributed by atoms with van der Waals surface area (Å²) in [5.41, 5.74) is 9.47. The average Bonchev–Trinajstić information content (AvgIpc) is 3.17. The van der Waals surface area contributed by atoms with Gasteiger partial charge in [-0.25, -0.2) is 9.97 Å². The Labute approximate surface area is 283 Å². The molecule has 9 aromatic rings. The predicted octanol–water partition coefficient (Wildman–Crippen LogP) is 12.4. The second-order valence-corrected chi connectivity index (χ2v) is 12.6. The van der Waals surface area contributed by atoms with Gasteiger partial charge in [-0.1, -0.05) is 140 Å². The summed E-state index contributed by atoms with van der Waals surface area (Å²) in [5.74, 6) is 2.48. The lowest BCUT2D eigenvalue weighted by Crippen LogP contribution is -1.98. The first-order valence-corrected chi connectivity index (χ1v) is 16.6. The second kappa shape index (κ2) is 11.0. The lowest BCUT2D eigenvalue weighted by molar-refractivity contribution is 0.487. The molecular formula is C46H28N2O. The van der Waals surface area contributed by atoms with Gasteiger partial charge >= 0.3 is 0 Å². The molecule has 0 saturated heterocycles. The maximum absolute atomic E-state index is 6.54. The molecule has 0 N–H and O–H groups in total. The van der Waals surface area contributed by atoms with Gasteiger partial charge in [0.1, 0.15) is 11.5 Å². The molecule has 1 aliphatic rings. The molecule has 49 heavy (non-hydrogen) atoms. The second-order valence-electron chi connectivity index (χ2n) is 12.6. The molecular weight excluding hydrogens is 597 g/mol. The number of hydrogen-bond donors (Lipinski definition) is 0. The van der Waals surface area contributed by atoms with Gasteiger partial charge in [0.2, 0.25) is 0 Å². The van der Waals surface area contributed by atoms with Crippen LogP contribution in [0.5, 0.6) is 11.5 Å². The maximum Gasteiger partial charge on any atom is 0.160 e. The zero-order chi connectivity index (χ0) is 32.3. The molecule has 228 valence electrons. The van der Waals surface area contributed by atoms with Gasteiger partial charge in [0.05, 0.1) is 11.4 Å². The van der Waals surface area contributed by atoms with Gasteiger partial charge in [0.25, 0.3) is 0 Å². The fraction of sp³-hybridized carbons (Fsp3) is 0. The number of fused-ring (bicyclic) bond motifs is 4. The first kappa shape index (κ1) is 27.5. The van der Waals surface area contributed by atoms with Gasteiger partial charge in [-0.15, -0.1) is 0 Å². The van der Waals surface area contributed by atoms with Crippen LogP contribution in [0.3, 0.4) is 0 Å². The Hall–Kier alpha value is -6.58. The molecule has 8 aromatic carbocycles. The molecule has 0 radical (unpaired) electrons. The standard InChI is InChI=1S/C46H28N2O/c1-2-11-31(12-3-1)46-47-41(34-21-20-29-10-4-5-13-32(29)26-34)28-42(48-46)38-25-24-35(36-16-6-7-17-37(36)38)33-22-23-39-40-18-8-14-30-15-9-19-43(45(30)40)49-44(39)27-33/h1-28H. The molecule has 3 heteroatoms. The summed E-state index contributed by atoms with van der Waals surface area (Å²) in [4.78, 5) is 10.3. The Morgan fingerprint density at radius 1 is 0.347 bits per heavy atom. The van der Waals surface area contributed by atoms with Crippen molar-refractivity contribution in [2.75, 3.05) is 0 Å². The van der Waals surface area contributed by atoms with Crippen LogP contribution in [0.1, 0.15) is 0 Å². The molecule has 3 nitrogen and oxygen atoms in total. The number of ether oxygens (including phenoxy) is 1. The zero-order valence-corrected chi connectivity index (χ0v) is 26.5. The normalized spacial score (nSPS) is 11.8. The maximum atomic E-state index is 6.54. The van der Waals surface area contributed by atoms with Crippen LogP contribution in [0, 0.1) is 0 Å². The Morgan fingerprint density at radius 2 is 1.02 bits per heavy atom. The third kappa shape index (κ3) is 4.59. The summed E-state index contributed by atoms with van der Waals surface area (Å²) in [6.45, 7) is 0. The third-order valence-corrected chi connectivity index (χ3v) is 9.67. The van der Waals surface area contributed by atoms with Crippen molar-refractivity contribution in [2.45, 2.75) is 0 Å². The summed E-state index contributed by atoms with van der Waals surface area (Å²) in [5, 5.41) is 7.05. The van der Waals surface area contributed by atoms with Gasteiger partial charge in [0, 0.05) is 27.6 Å². The zero-order valence-electron chi connectivity index (χ0n) is 26.5. The first-order chi connectivity index (χ1) is 24.3. The van der Waals surface area contributed by atoms with Crippen molar-refractivity contribution in [1.29, 1.82) is 0 Å². The van der Waals surface area contributed by atoms with Gasteiger partial charge in [-0.3, -0.25) is 0 Å². The SMILES string of the molecule is c1ccc(-c2nc(-c3ccc4ccccc4c3)cc(-c3ccc(-c4ccc5c(c4)Oc4cccc6cccc-5c46)c4ccccc34)n2)cc1. The third-order valence-electron chi connectivity index (χ3n) is 9.67. The Kier molecular flexibility index (Phi) is 6.18. The summed E-state index contributed by atoms with van der Waals surface area (Å²) in [6.07, 6.45) is 0. The van der Waals surface area contributed by atoms with E-state index in [-0.39, 0.29) is 0 Å². The summed E-state index contributed by atoms with van der Waals surface area (Å²) in [7, 11) is 0. The molecule has 0 aliphatic carbocycles. The summed E-state index contributed by atoms with van der Waals surface area (Å²) >= 11 is 0. The van der Waals surface area contributed by atoms with Crippen LogP contribution in [0.4, 0.5) is 0 Å². The van der Waals surface area contributed by atoms with E-state index in [1.807, 2.05) is 18.2 Å². The van der Waals surface area contributed by atoms with Crippen LogP contribution in [-0.2, 0) is 0 Å². The van der Waals surface area contributed by atoms with Crippen LogP contribution in [-0.4, -0.2) is 9.97 Å². The molecule has 0 unspecified atom stereocenters. The van der Waals surface area contributed by atoms with E-state index in [4.69, 9.17) is 14.7 Å². The van der Waals surface area contributed by atoms with Gasteiger partial charge in [-0.2, -0.15) is 0 Å². The molecule has 0 saturated carbocycles. The molecule has 0 spiro atoms. The van der Waals surface area contributed by atoms with Crippen molar-refractivity contribution < 1.29 is 4.74 Å². The number of benzene rings is 8. The highest BCUT2D eigenvalue weighted by Crippen LogP contribution is 2.48. The lowest BCUT2D eigenvalue weighted by Gasteiger charge is -2.22. The van der Waals surface area contributed by atoms with Gasteiger partial charge in [0.15, 0.2) is 5.82 Å². The highest BCUT2D eigenvalue weighted by Gasteiger charge is 2.21. The van der Waals surface area contributed by atoms with Gasteiger partial charge in [-0.05, 0) is 74.0 Å². The summed E-state index contributed by atoms with van der Waals surface area (Å²) in [6, 6.07) is 59.7. The number of hydrogen-bond acceptors (Lipinski definition) is 3. The fourth-order valence-electron chi connectivity index (χ4n) is 7.30. The molecule has 0 fully saturated rings. The Morgan fingerprint density at radius 3 is 1.90 bits per heavy atom. The van der Waals surface area contributed by atoms with E-state index < -0.39 is 0 Å². The van der Waals surface area contributed by atoms with Crippen LogP contribution in [0.2, 0.25) is 0 Å². The van der Waals surface area contributed by atoms with Crippen LogP contribution in [0.15, 0.2) is 170 Å². The van der Waals surface area contributed by atoms with Crippen LogP contribution < -0.4 is 4.74 Å². The molecule has 0 bridgehead atoms. The first-order valence-electron chi connectivity index (χ1n) is 16.6. The van der Waals surface area contributed by atoms with E-state index in [0.717, 1.165) is 67.0 Å². The van der Waals surface area contributed by atoms with E-state index >= 15 is 0 Å². The highest BCUT2D eigenvalue weighted by molar-refractivity contribution is 6.07. The van der Waals surface area contributed by atoms with Crippen molar-refractivity contribution in [3.63, 3.8) is 0 Å².